The third-order valence-electron chi connectivity index (χ3n) is 3.95. The summed E-state index contributed by atoms with van der Waals surface area (Å²) in [5.74, 6) is 0.568. The van der Waals surface area contributed by atoms with Crippen LogP contribution in [0.5, 0.6) is 0 Å². The topological polar surface area (TPSA) is 44.8 Å². The maximum atomic E-state index is 12.3. The van der Waals surface area contributed by atoms with Crippen LogP contribution in [0, 0.1) is 5.92 Å². The summed E-state index contributed by atoms with van der Waals surface area (Å²) in [6.45, 7) is 11.4. The third-order valence-corrected chi connectivity index (χ3v) is 3.95. The van der Waals surface area contributed by atoms with Gasteiger partial charge in [0.15, 0.2) is 0 Å². The minimum absolute atomic E-state index is 0.218. The Bertz CT molecular complexity index is 282. The van der Waals surface area contributed by atoms with Crippen molar-refractivity contribution in [3.8, 4) is 0 Å². The number of amides is 1. The predicted octanol–water partition coefficient (Wildman–Crippen LogP) is 0.165. The molecule has 0 bridgehead atoms. The van der Waals surface area contributed by atoms with E-state index in [9.17, 15) is 4.79 Å². The highest BCUT2D eigenvalue weighted by Gasteiger charge is 2.29. The van der Waals surface area contributed by atoms with Gasteiger partial charge in [-0.3, -0.25) is 9.69 Å². The van der Waals surface area contributed by atoms with E-state index in [0.717, 1.165) is 58.8 Å². The lowest BCUT2D eigenvalue weighted by molar-refractivity contribution is -0.136. The van der Waals surface area contributed by atoms with Crippen molar-refractivity contribution in [2.24, 2.45) is 5.92 Å². The average molecular weight is 269 g/mol. The molecule has 2 rings (SSSR count). The molecule has 1 unspecified atom stereocenters. The van der Waals surface area contributed by atoms with Crippen LogP contribution in [0.1, 0.15) is 20.3 Å². The number of nitrogens with one attached hydrogen (secondary N) is 1. The Morgan fingerprint density at radius 1 is 1.32 bits per heavy atom. The highest BCUT2D eigenvalue weighted by Crippen LogP contribution is 2.13. The summed E-state index contributed by atoms with van der Waals surface area (Å²) in [5.41, 5.74) is 0. The summed E-state index contributed by atoms with van der Waals surface area (Å²) in [7, 11) is 0. The maximum absolute atomic E-state index is 12.3. The first-order valence-electron chi connectivity index (χ1n) is 7.50. The lowest BCUT2D eigenvalue weighted by Gasteiger charge is -2.35. The van der Waals surface area contributed by atoms with Crippen molar-refractivity contribution in [1.29, 1.82) is 0 Å². The molecule has 1 N–H and O–H groups in total. The van der Waals surface area contributed by atoms with Gasteiger partial charge in [-0.1, -0.05) is 0 Å². The Hall–Kier alpha value is -0.650. The molecule has 2 aliphatic rings. The zero-order valence-corrected chi connectivity index (χ0v) is 12.2. The lowest BCUT2D eigenvalue weighted by atomic mass is 10.1. The first kappa shape index (κ1) is 14.8. The quantitative estimate of drug-likeness (QED) is 0.772. The van der Waals surface area contributed by atoms with E-state index in [4.69, 9.17) is 4.74 Å². The monoisotopic (exact) mass is 269 g/mol. The molecule has 5 heteroatoms. The molecule has 5 nitrogen and oxygen atoms in total. The fraction of sp³-hybridized carbons (Fsp3) is 0.929. The number of ether oxygens (including phenoxy) is 1. The van der Waals surface area contributed by atoms with Gasteiger partial charge in [-0.2, -0.15) is 0 Å². The van der Waals surface area contributed by atoms with Gasteiger partial charge < -0.3 is 15.0 Å². The number of carbonyl (C=O) groups excluding carboxylic acids is 1. The summed E-state index contributed by atoms with van der Waals surface area (Å²) < 4.78 is 5.57. The molecule has 110 valence electrons. The molecule has 0 radical (unpaired) electrons. The molecule has 2 heterocycles. The minimum atomic E-state index is 0.218. The summed E-state index contributed by atoms with van der Waals surface area (Å²) >= 11 is 0. The second kappa shape index (κ2) is 7.22. The first-order chi connectivity index (χ1) is 9.16. The fourth-order valence-corrected chi connectivity index (χ4v) is 2.73. The Morgan fingerprint density at radius 2 is 2.05 bits per heavy atom. The van der Waals surface area contributed by atoms with E-state index >= 15 is 0 Å². The van der Waals surface area contributed by atoms with Gasteiger partial charge in [0.2, 0.25) is 5.91 Å². The molecule has 0 spiro atoms. The van der Waals surface area contributed by atoms with Gasteiger partial charge in [-0.25, -0.2) is 0 Å². The van der Waals surface area contributed by atoms with Crippen molar-refractivity contribution in [1.82, 2.24) is 15.1 Å². The summed E-state index contributed by atoms with van der Waals surface area (Å²) in [4.78, 5) is 16.7. The molecule has 0 aromatic carbocycles. The zero-order valence-electron chi connectivity index (χ0n) is 12.2. The Balaban J connectivity index is 1.65. The van der Waals surface area contributed by atoms with Gasteiger partial charge >= 0.3 is 0 Å². The summed E-state index contributed by atoms with van der Waals surface area (Å²) in [6.07, 6.45) is 1.30. The molecule has 1 amide bonds. The Labute approximate surface area is 116 Å². The summed E-state index contributed by atoms with van der Waals surface area (Å²) in [6, 6.07) is 0. The largest absolute Gasteiger partial charge is 0.377 e. The van der Waals surface area contributed by atoms with Crippen LogP contribution in [-0.4, -0.2) is 74.2 Å². The van der Waals surface area contributed by atoms with Crippen molar-refractivity contribution in [3.05, 3.63) is 0 Å². The lowest BCUT2D eigenvalue weighted by Crippen LogP contribution is -2.51. The number of hydrogen-bond acceptors (Lipinski definition) is 4. The highest BCUT2D eigenvalue weighted by atomic mass is 16.5. The number of piperazine rings is 1. The van der Waals surface area contributed by atoms with Crippen LogP contribution in [0.3, 0.4) is 0 Å². The van der Waals surface area contributed by atoms with Crippen molar-refractivity contribution < 1.29 is 9.53 Å². The first-order valence-corrected chi connectivity index (χ1v) is 7.50. The van der Waals surface area contributed by atoms with Crippen molar-refractivity contribution in [2.45, 2.75) is 26.4 Å². The zero-order chi connectivity index (χ0) is 13.7. The maximum Gasteiger partial charge on any atom is 0.227 e. The van der Waals surface area contributed by atoms with E-state index in [0.29, 0.717) is 12.0 Å². The normalized spacial score (nSPS) is 25.2. The fourth-order valence-electron chi connectivity index (χ4n) is 2.73. The average Bonchev–Trinajstić information content (AvgIpc) is 2.92. The molecule has 1 atom stereocenters. The molecular formula is C14H27N3O2. The molecule has 2 saturated heterocycles. The van der Waals surface area contributed by atoms with Gasteiger partial charge in [-0.15, -0.1) is 0 Å². The predicted molar refractivity (Wildman–Crippen MR) is 75.1 cm³/mol. The van der Waals surface area contributed by atoms with E-state index in [1.165, 1.54) is 0 Å². The second-order valence-corrected chi connectivity index (χ2v) is 5.78. The van der Waals surface area contributed by atoms with Crippen LogP contribution in [0.4, 0.5) is 0 Å². The van der Waals surface area contributed by atoms with E-state index in [-0.39, 0.29) is 5.92 Å². The Kier molecular flexibility index (Phi) is 5.60. The van der Waals surface area contributed by atoms with Crippen LogP contribution >= 0.6 is 0 Å². The second-order valence-electron chi connectivity index (χ2n) is 5.78. The smallest absolute Gasteiger partial charge is 0.227 e. The molecule has 0 aromatic rings. The molecular weight excluding hydrogens is 242 g/mol. The number of carbonyl (C=O) groups is 1. The summed E-state index contributed by atoms with van der Waals surface area (Å²) in [5, 5.41) is 3.27. The van der Waals surface area contributed by atoms with E-state index < -0.39 is 0 Å². The van der Waals surface area contributed by atoms with Crippen LogP contribution in [0.2, 0.25) is 0 Å². The van der Waals surface area contributed by atoms with Crippen LogP contribution < -0.4 is 5.32 Å². The van der Waals surface area contributed by atoms with E-state index in [2.05, 4.69) is 24.1 Å². The van der Waals surface area contributed by atoms with Gasteiger partial charge in [-0.05, 0) is 26.8 Å². The Morgan fingerprint density at radius 3 is 2.63 bits per heavy atom. The molecule has 0 aliphatic carbocycles. The number of rotatable bonds is 5. The van der Waals surface area contributed by atoms with E-state index in [1.54, 1.807) is 0 Å². The molecule has 2 aliphatic heterocycles. The standard InChI is InChI=1S/C14H27N3O2/c1-12(2)19-10-9-16-5-7-17(8-6-16)14(18)13-3-4-15-11-13/h12-13,15H,3-11H2,1-2H3. The van der Waals surface area contributed by atoms with Crippen LogP contribution in [-0.2, 0) is 9.53 Å². The van der Waals surface area contributed by atoms with Crippen LogP contribution in [0.15, 0.2) is 0 Å². The SMILES string of the molecule is CC(C)OCCN1CCN(C(=O)C2CCNC2)CC1. The van der Waals surface area contributed by atoms with Gasteiger partial charge in [0.25, 0.3) is 0 Å². The van der Waals surface area contributed by atoms with Crippen molar-refractivity contribution in [3.63, 3.8) is 0 Å². The highest BCUT2D eigenvalue weighted by molar-refractivity contribution is 5.79. The molecule has 19 heavy (non-hydrogen) atoms. The molecule has 0 saturated carbocycles. The van der Waals surface area contributed by atoms with Crippen molar-refractivity contribution in [2.75, 3.05) is 52.4 Å². The van der Waals surface area contributed by atoms with Gasteiger partial charge in [0.05, 0.1) is 18.6 Å². The minimum Gasteiger partial charge on any atom is -0.377 e. The number of hydrogen-bond donors (Lipinski definition) is 1. The van der Waals surface area contributed by atoms with Crippen LogP contribution in [0.25, 0.3) is 0 Å². The third kappa shape index (κ3) is 4.44. The molecule has 0 aromatic heterocycles. The van der Waals surface area contributed by atoms with Crippen molar-refractivity contribution >= 4 is 5.91 Å². The van der Waals surface area contributed by atoms with Gasteiger partial charge in [0.1, 0.15) is 0 Å². The number of nitrogens with zero attached hydrogens (tertiary/aromatic N) is 2. The van der Waals surface area contributed by atoms with Gasteiger partial charge in [0, 0.05) is 39.3 Å². The molecule has 2 fully saturated rings. The van der Waals surface area contributed by atoms with E-state index in [1.807, 2.05) is 4.90 Å².